The molecular weight excluding hydrogens is 342 g/mol. The van der Waals surface area contributed by atoms with E-state index in [4.69, 9.17) is 14.0 Å². The summed E-state index contributed by atoms with van der Waals surface area (Å²) in [5, 5.41) is 4.18. The summed E-state index contributed by atoms with van der Waals surface area (Å²) in [5.74, 6) is 3.19. The monoisotopic (exact) mass is 371 g/mol. The van der Waals surface area contributed by atoms with Gasteiger partial charge in [-0.2, -0.15) is 4.98 Å². The topological polar surface area (TPSA) is 60.6 Å². The van der Waals surface area contributed by atoms with E-state index in [0.717, 1.165) is 55.9 Å². The molecule has 0 bridgehead atoms. The van der Waals surface area contributed by atoms with Crippen LogP contribution in [0.5, 0.6) is 5.75 Å². The fourth-order valence-corrected chi connectivity index (χ4v) is 3.67. The largest absolute Gasteiger partial charge is 0.497 e. The zero-order chi connectivity index (χ0) is 18.5. The first kappa shape index (κ1) is 18.4. The van der Waals surface area contributed by atoms with Crippen molar-refractivity contribution in [2.24, 2.45) is 5.92 Å². The first-order valence-electron chi connectivity index (χ1n) is 10.1. The summed E-state index contributed by atoms with van der Waals surface area (Å²) in [6.45, 7) is 3.46. The SMILES string of the molecule is COc1cccc(CN2CCCCC2c2nc(CCOCC3CC3)no2)c1. The van der Waals surface area contributed by atoms with Crippen LogP contribution in [0.25, 0.3) is 0 Å². The number of methoxy groups -OCH3 is 1. The van der Waals surface area contributed by atoms with E-state index in [0.29, 0.717) is 6.61 Å². The number of hydrogen-bond donors (Lipinski definition) is 0. The van der Waals surface area contributed by atoms with Crippen molar-refractivity contribution in [1.82, 2.24) is 15.0 Å². The molecule has 1 saturated carbocycles. The van der Waals surface area contributed by atoms with Gasteiger partial charge in [0.2, 0.25) is 5.89 Å². The standard InChI is InChI=1S/C21H29N3O3/c1-25-18-6-4-5-17(13-18)14-24-11-3-2-7-19(24)21-22-20(23-27-21)10-12-26-15-16-8-9-16/h4-6,13,16,19H,2-3,7-12,14-15H2,1H3. The van der Waals surface area contributed by atoms with Gasteiger partial charge in [0.1, 0.15) is 5.75 Å². The van der Waals surface area contributed by atoms with Crippen molar-refractivity contribution in [3.05, 3.63) is 41.5 Å². The van der Waals surface area contributed by atoms with E-state index in [1.165, 1.54) is 31.2 Å². The van der Waals surface area contributed by atoms with Crippen LogP contribution in [0, 0.1) is 5.92 Å². The molecule has 0 radical (unpaired) electrons. The van der Waals surface area contributed by atoms with Crippen molar-refractivity contribution < 1.29 is 14.0 Å². The Bertz CT molecular complexity index is 729. The molecule has 2 fully saturated rings. The second kappa shape index (κ2) is 8.85. The smallest absolute Gasteiger partial charge is 0.244 e. The summed E-state index contributed by atoms with van der Waals surface area (Å²) in [4.78, 5) is 7.11. The van der Waals surface area contributed by atoms with Crippen LogP contribution >= 0.6 is 0 Å². The van der Waals surface area contributed by atoms with Gasteiger partial charge in [-0.25, -0.2) is 0 Å². The lowest BCUT2D eigenvalue weighted by molar-refractivity contribution is 0.111. The Morgan fingerprint density at radius 1 is 1.22 bits per heavy atom. The van der Waals surface area contributed by atoms with Crippen molar-refractivity contribution >= 4 is 0 Å². The molecule has 1 aliphatic heterocycles. The van der Waals surface area contributed by atoms with Crippen LogP contribution in [0.3, 0.4) is 0 Å². The maximum absolute atomic E-state index is 5.69. The van der Waals surface area contributed by atoms with Crippen LogP contribution in [0.15, 0.2) is 28.8 Å². The van der Waals surface area contributed by atoms with Gasteiger partial charge in [0, 0.05) is 19.6 Å². The highest BCUT2D eigenvalue weighted by Crippen LogP contribution is 2.32. The highest BCUT2D eigenvalue weighted by molar-refractivity contribution is 5.28. The Labute approximate surface area is 160 Å². The van der Waals surface area contributed by atoms with Crippen molar-refractivity contribution in [2.45, 2.75) is 51.1 Å². The van der Waals surface area contributed by atoms with E-state index in [1.807, 2.05) is 12.1 Å². The number of ether oxygens (including phenoxy) is 2. The molecule has 1 saturated heterocycles. The van der Waals surface area contributed by atoms with Crippen LogP contribution in [-0.4, -0.2) is 41.9 Å². The highest BCUT2D eigenvalue weighted by atomic mass is 16.5. The van der Waals surface area contributed by atoms with Gasteiger partial charge >= 0.3 is 0 Å². The van der Waals surface area contributed by atoms with Gasteiger partial charge in [-0.15, -0.1) is 0 Å². The average Bonchev–Trinajstić information content (AvgIpc) is 3.42. The average molecular weight is 371 g/mol. The fraction of sp³-hybridized carbons (Fsp3) is 0.619. The summed E-state index contributed by atoms with van der Waals surface area (Å²) in [6, 6.07) is 8.46. The van der Waals surface area contributed by atoms with E-state index >= 15 is 0 Å². The number of benzene rings is 1. The zero-order valence-electron chi connectivity index (χ0n) is 16.1. The van der Waals surface area contributed by atoms with Gasteiger partial charge in [-0.3, -0.25) is 4.90 Å². The quantitative estimate of drug-likeness (QED) is 0.625. The molecule has 1 aromatic heterocycles. The fourth-order valence-electron chi connectivity index (χ4n) is 3.67. The number of piperidine rings is 1. The number of rotatable bonds is 9. The molecule has 0 spiro atoms. The van der Waals surface area contributed by atoms with E-state index in [9.17, 15) is 0 Å². The van der Waals surface area contributed by atoms with Crippen molar-refractivity contribution in [3.8, 4) is 5.75 Å². The first-order chi connectivity index (χ1) is 13.3. The number of hydrogen-bond acceptors (Lipinski definition) is 6. The second-order valence-electron chi connectivity index (χ2n) is 7.65. The Kier molecular flexibility index (Phi) is 6.04. The molecule has 1 aromatic carbocycles. The zero-order valence-corrected chi connectivity index (χ0v) is 16.1. The molecule has 2 aromatic rings. The Hall–Kier alpha value is -1.92. The van der Waals surface area contributed by atoms with Crippen LogP contribution < -0.4 is 4.74 Å². The summed E-state index contributed by atoms with van der Waals surface area (Å²) in [6.07, 6.45) is 6.81. The van der Waals surface area contributed by atoms with E-state index in [2.05, 4.69) is 27.2 Å². The highest BCUT2D eigenvalue weighted by Gasteiger charge is 2.29. The lowest BCUT2D eigenvalue weighted by Crippen LogP contribution is -2.33. The summed E-state index contributed by atoms with van der Waals surface area (Å²) < 4.78 is 16.7. The van der Waals surface area contributed by atoms with E-state index < -0.39 is 0 Å². The van der Waals surface area contributed by atoms with Gasteiger partial charge in [0.15, 0.2) is 5.82 Å². The molecule has 0 amide bonds. The van der Waals surface area contributed by atoms with Crippen molar-refractivity contribution in [2.75, 3.05) is 26.9 Å². The van der Waals surface area contributed by atoms with Crippen LogP contribution in [0.2, 0.25) is 0 Å². The molecule has 1 unspecified atom stereocenters. The van der Waals surface area contributed by atoms with Crippen molar-refractivity contribution in [1.29, 1.82) is 0 Å². The summed E-state index contributed by atoms with van der Waals surface area (Å²) >= 11 is 0. The third-order valence-electron chi connectivity index (χ3n) is 5.42. The minimum Gasteiger partial charge on any atom is -0.497 e. The molecule has 0 N–H and O–H groups in total. The Morgan fingerprint density at radius 2 is 2.15 bits per heavy atom. The molecule has 1 atom stereocenters. The van der Waals surface area contributed by atoms with Gasteiger partial charge in [0.05, 0.1) is 19.8 Å². The number of likely N-dealkylation sites (tertiary alicyclic amines) is 1. The van der Waals surface area contributed by atoms with Crippen LogP contribution in [0.4, 0.5) is 0 Å². The second-order valence-corrected chi connectivity index (χ2v) is 7.65. The van der Waals surface area contributed by atoms with E-state index in [-0.39, 0.29) is 6.04 Å². The molecular formula is C21H29N3O3. The normalized spacial score (nSPS) is 20.7. The maximum Gasteiger partial charge on any atom is 0.244 e. The summed E-state index contributed by atoms with van der Waals surface area (Å²) in [7, 11) is 1.71. The number of aromatic nitrogens is 2. The van der Waals surface area contributed by atoms with Crippen molar-refractivity contribution in [3.63, 3.8) is 0 Å². The predicted molar refractivity (Wildman–Crippen MR) is 102 cm³/mol. The molecule has 6 nitrogen and oxygen atoms in total. The van der Waals surface area contributed by atoms with Crippen LogP contribution in [-0.2, 0) is 17.7 Å². The third-order valence-corrected chi connectivity index (χ3v) is 5.42. The molecule has 146 valence electrons. The minimum absolute atomic E-state index is 0.193. The lowest BCUT2D eigenvalue weighted by Gasteiger charge is -2.33. The third kappa shape index (κ3) is 5.08. The Balaban J connectivity index is 1.36. The van der Waals surface area contributed by atoms with Gasteiger partial charge in [-0.05, 0) is 55.8 Å². The molecule has 6 heteroatoms. The lowest BCUT2D eigenvalue weighted by atomic mass is 10.0. The predicted octanol–water partition coefficient (Wildman–Crippen LogP) is 3.77. The van der Waals surface area contributed by atoms with Gasteiger partial charge in [0.25, 0.3) is 0 Å². The molecule has 2 heterocycles. The first-order valence-corrected chi connectivity index (χ1v) is 10.1. The van der Waals surface area contributed by atoms with E-state index in [1.54, 1.807) is 7.11 Å². The van der Waals surface area contributed by atoms with Gasteiger partial charge < -0.3 is 14.0 Å². The Morgan fingerprint density at radius 3 is 3.00 bits per heavy atom. The number of nitrogens with zero attached hydrogens (tertiary/aromatic N) is 3. The molecule has 2 aliphatic rings. The van der Waals surface area contributed by atoms with Gasteiger partial charge in [-0.1, -0.05) is 23.7 Å². The molecule has 27 heavy (non-hydrogen) atoms. The minimum atomic E-state index is 0.193. The summed E-state index contributed by atoms with van der Waals surface area (Å²) in [5.41, 5.74) is 1.24. The molecule has 1 aliphatic carbocycles. The maximum atomic E-state index is 5.69. The van der Waals surface area contributed by atoms with Crippen LogP contribution in [0.1, 0.15) is 55.4 Å². The molecule has 4 rings (SSSR count).